The summed E-state index contributed by atoms with van der Waals surface area (Å²) in [5, 5.41) is 8.87. The molecule has 1 saturated carbocycles. The molecule has 236 valence electrons. The number of ether oxygens (including phenoxy) is 1. The third-order valence-corrected chi connectivity index (χ3v) is 9.34. The Balaban J connectivity index is 1.04. The number of hydrogen-bond donors (Lipinski definition) is 2. The molecule has 10 nitrogen and oxygen atoms in total. The number of fused-ring (bicyclic) bond motifs is 1. The van der Waals surface area contributed by atoms with E-state index in [9.17, 15) is 4.79 Å². The monoisotopic (exact) mass is 616 g/mol. The largest absolute Gasteiger partial charge is 0.457 e. The number of carbonyl (C=O) groups excluding carboxylic acids is 1. The Morgan fingerprint density at radius 1 is 0.870 bits per heavy atom. The molecule has 1 saturated heterocycles. The molecule has 0 unspecified atom stereocenters. The Bertz CT molecular complexity index is 1790. The lowest BCUT2D eigenvalue weighted by atomic mass is 9.90. The molecule has 3 N–H and O–H groups in total. The molecule has 0 atom stereocenters. The number of likely N-dealkylation sites (N-methyl/N-ethyl adjacent to an activating group) is 1. The van der Waals surface area contributed by atoms with E-state index in [0.29, 0.717) is 35.5 Å². The Morgan fingerprint density at radius 3 is 2.37 bits per heavy atom. The number of nitrogens with one attached hydrogen (secondary N) is 1. The van der Waals surface area contributed by atoms with Crippen LogP contribution in [0.5, 0.6) is 11.5 Å². The molecule has 2 aromatic heterocycles. The molecule has 1 aliphatic carbocycles. The summed E-state index contributed by atoms with van der Waals surface area (Å²) in [6.45, 7) is 5.01. The van der Waals surface area contributed by atoms with E-state index in [1.807, 2.05) is 66.7 Å². The van der Waals surface area contributed by atoms with Gasteiger partial charge in [-0.2, -0.15) is 5.10 Å². The van der Waals surface area contributed by atoms with Crippen LogP contribution in [-0.4, -0.2) is 74.7 Å². The molecule has 0 radical (unpaired) electrons. The summed E-state index contributed by atoms with van der Waals surface area (Å²) < 4.78 is 8.28. The predicted octanol–water partition coefficient (Wildman–Crippen LogP) is 5.53. The maximum absolute atomic E-state index is 12.5. The van der Waals surface area contributed by atoms with Crippen LogP contribution in [0.4, 0.5) is 5.82 Å². The van der Waals surface area contributed by atoms with E-state index in [4.69, 9.17) is 15.6 Å². The summed E-state index contributed by atoms with van der Waals surface area (Å²) in [5.74, 6) is 1.72. The number of aromatic nitrogens is 4. The van der Waals surface area contributed by atoms with Gasteiger partial charge in [0.2, 0.25) is 0 Å². The molecule has 46 heavy (non-hydrogen) atoms. The van der Waals surface area contributed by atoms with Gasteiger partial charge in [0.25, 0.3) is 5.91 Å². The fourth-order valence-electron chi connectivity index (χ4n) is 6.72. The minimum Gasteiger partial charge on any atom is -0.457 e. The van der Waals surface area contributed by atoms with Gasteiger partial charge < -0.3 is 20.7 Å². The van der Waals surface area contributed by atoms with Crippen molar-refractivity contribution in [3.05, 3.63) is 96.3 Å². The van der Waals surface area contributed by atoms with Crippen molar-refractivity contribution >= 4 is 22.8 Å². The van der Waals surface area contributed by atoms with Crippen LogP contribution in [-0.2, 0) is 6.54 Å². The normalized spacial score (nSPS) is 19.2. The van der Waals surface area contributed by atoms with E-state index in [-0.39, 0.29) is 11.9 Å². The van der Waals surface area contributed by atoms with Gasteiger partial charge in [-0.3, -0.25) is 9.69 Å². The average molecular weight is 617 g/mol. The molecule has 7 rings (SSSR count). The average Bonchev–Trinajstić information content (AvgIpc) is 3.49. The Labute approximate surface area is 269 Å². The van der Waals surface area contributed by atoms with Crippen molar-refractivity contribution in [2.24, 2.45) is 0 Å². The van der Waals surface area contributed by atoms with Crippen molar-refractivity contribution in [3.63, 3.8) is 0 Å². The Hall–Kier alpha value is -4.80. The van der Waals surface area contributed by atoms with E-state index in [2.05, 4.69) is 36.8 Å². The third kappa shape index (κ3) is 6.45. The minimum absolute atomic E-state index is 0.109. The van der Waals surface area contributed by atoms with Gasteiger partial charge in [0.1, 0.15) is 29.3 Å². The Kier molecular flexibility index (Phi) is 8.63. The quantitative estimate of drug-likeness (QED) is 0.234. The highest BCUT2D eigenvalue weighted by molar-refractivity contribution is 5.98. The third-order valence-electron chi connectivity index (χ3n) is 9.34. The summed E-state index contributed by atoms with van der Waals surface area (Å²) in [4.78, 5) is 26.5. The number of benzene rings is 3. The highest BCUT2D eigenvalue weighted by atomic mass is 16.5. The van der Waals surface area contributed by atoms with Crippen LogP contribution in [0.1, 0.15) is 47.6 Å². The van der Waals surface area contributed by atoms with Gasteiger partial charge in [0.05, 0.1) is 11.4 Å². The molecular formula is C36H40N8O2. The fraction of sp³-hybridized carbons (Fsp3) is 0.333. The second kappa shape index (κ2) is 13.3. The lowest BCUT2D eigenvalue weighted by Gasteiger charge is -2.41. The minimum atomic E-state index is -0.109. The summed E-state index contributed by atoms with van der Waals surface area (Å²) >= 11 is 0. The van der Waals surface area contributed by atoms with Gasteiger partial charge in [0, 0.05) is 49.9 Å². The maximum Gasteiger partial charge on any atom is 0.251 e. The number of nitrogen functional groups attached to an aromatic ring is 1. The topological polar surface area (TPSA) is 114 Å². The number of carbonyl (C=O) groups is 1. The summed E-state index contributed by atoms with van der Waals surface area (Å²) in [6, 6.07) is 25.7. The van der Waals surface area contributed by atoms with E-state index < -0.39 is 0 Å². The number of hydrogen-bond acceptors (Lipinski definition) is 8. The zero-order chi connectivity index (χ0) is 31.5. The molecule has 3 aromatic carbocycles. The molecule has 0 spiro atoms. The second-order valence-electron chi connectivity index (χ2n) is 12.4. The maximum atomic E-state index is 12.5. The van der Waals surface area contributed by atoms with E-state index in [0.717, 1.165) is 79.7 Å². The van der Waals surface area contributed by atoms with Crippen LogP contribution in [0.3, 0.4) is 0 Å². The van der Waals surface area contributed by atoms with Crippen LogP contribution in [0.25, 0.3) is 22.3 Å². The number of piperazine rings is 1. The fourth-order valence-corrected chi connectivity index (χ4v) is 6.72. The molecule has 1 amide bonds. The first-order valence-corrected chi connectivity index (χ1v) is 16.1. The van der Waals surface area contributed by atoms with Crippen LogP contribution >= 0.6 is 0 Å². The standard InChI is InChI=1S/C36H40N8O2/c1-42-18-20-43(21-19-42)28-12-14-29(15-13-28)44-35-32(34(37)39-24-40-35)33(41-44)26-10-16-30(17-11-26)46-31-9-5-6-25(22-31)23-38-36(45)27-7-3-2-4-8-27/h2-11,16-17,22,24,28-29H,12-15,18-21,23H2,1H3,(H,38,45)(H2,37,39,40)/t28-,29+. The number of nitrogens with zero attached hydrogens (tertiary/aromatic N) is 6. The van der Waals surface area contributed by atoms with Gasteiger partial charge in [-0.05, 0) is 86.8 Å². The van der Waals surface area contributed by atoms with Crippen LogP contribution in [0.2, 0.25) is 0 Å². The molecule has 0 bridgehead atoms. The SMILES string of the molecule is CN1CCN([C@H]2CC[C@@H](n3nc(-c4ccc(Oc5cccc(CNC(=O)c6ccccc6)c5)cc4)c4c(N)ncnc43)CC2)CC1. The molecule has 5 aromatic rings. The Morgan fingerprint density at radius 2 is 1.61 bits per heavy atom. The first-order chi connectivity index (χ1) is 22.5. The smallest absolute Gasteiger partial charge is 0.251 e. The van der Waals surface area contributed by atoms with Gasteiger partial charge in [-0.15, -0.1) is 0 Å². The van der Waals surface area contributed by atoms with Gasteiger partial charge in [-0.25, -0.2) is 14.6 Å². The van der Waals surface area contributed by atoms with Crippen LogP contribution < -0.4 is 15.8 Å². The molecule has 10 heteroatoms. The van der Waals surface area contributed by atoms with Crippen molar-refractivity contribution in [2.45, 2.75) is 44.3 Å². The molecule has 2 fully saturated rings. The van der Waals surface area contributed by atoms with E-state index in [1.165, 1.54) is 6.33 Å². The number of anilines is 1. The van der Waals surface area contributed by atoms with Gasteiger partial charge in [-0.1, -0.05) is 30.3 Å². The highest BCUT2D eigenvalue weighted by Crippen LogP contribution is 2.37. The zero-order valence-corrected chi connectivity index (χ0v) is 26.2. The first-order valence-electron chi connectivity index (χ1n) is 16.1. The summed E-state index contributed by atoms with van der Waals surface area (Å²) in [7, 11) is 2.21. The van der Waals surface area contributed by atoms with Gasteiger partial charge in [0.15, 0.2) is 5.65 Å². The van der Waals surface area contributed by atoms with Crippen molar-refractivity contribution in [3.8, 4) is 22.8 Å². The van der Waals surface area contributed by atoms with Gasteiger partial charge >= 0.3 is 0 Å². The zero-order valence-electron chi connectivity index (χ0n) is 26.2. The van der Waals surface area contributed by atoms with Crippen LogP contribution in [0.15, 0.2) is 85.2 Å². The second-order valence-corrected chi connectivity index (χ2v) is 12.4. The lowest BCUT2D eigenvalue weighted by molar-refractivity contribution is 0.0815. The highest BCUT2D eigenvalue weighted by Gasteiger charge is 2.30. The molecule has 3 heterocycles. The predicted molar refractivity (Wildman–Crippen MR) is 180 cm³/mol. The van der Waals surface area contributed by atoms with Crippen molar-refractivity contribution in [1.82, 2.24) is 34.9 Å². The molecule has 1 aliphatic heterocycles. The summed E-state index contributed by atoms with van der Waals surface area (Å²) in [5.41, 5.74) is 10.5. The van der Waals surface area contributed by atoms with Crippen molar-refractivity contribution in [2.75, 3.05) is 39.0 Å². The van der Waals surface area contributed by atoms with Crippen molar-refractivity contribution < 1.29 is 9.53 Å². The summed E-state index contributed by atoms with van der Waals surface area (Å²) in [6.07, 6.45) is 6.00. The number of rotatable bonds is 8. The molecule has 2 aliphatic rings. The van der Waals surface area contributed by atoms with Crippen LogP contribution in [0, 0.1) is 0 Å². The first kappa shape index (κ1) is 29.9. The van der Waals surface area contributed by atoms with E-state index >= 15 is 0 Å². The van der Waals surface area contributed by atoms with E-state index in [1.54, 1.807) is 12.1 Å². The number of nitrogens with two attached hydrogens (primary N) is 1. The van der Waals surface area contributed by atoms with Crippen molar-refractivity contribution in [1.29, 1.82) is 0 Å². The number of amides is 1. The lowest BCUT2D eigenvalue weighted by Crippen LogP contribution is -2.49. The molecular weight excluding hydrogens is 576 g/mol.